The van der Waals surface area contributed by atoms with Crippen LogP contribution < -0.4 is 5.32 Å². The Labute approximate surface area is 236 Å². The van der Waals surface area contributed by atoms with Crippen molar-refractivity contribution >= 4 is 23.5 Å². The van der Waals surface area contributed by atoms with Crippen LogP contribution in [0.1, 0.15) is 91.0 Å². The van der Waals surface area contributed by atoms with Crippen LogP contribution in [0.15, 0.2) is 52.6 Å². The summed E-state index contributed by atoms with van der Waals surface area (Å²) in [6.45, 7) is 9.02. The first-order chi connectivity index (χ1) is 18.9. The van der Waals surface area contributed by atoms with E-state index < -0.39 is 11.6 Å². The van der Waals surface area contributed by atoms with Crippen molar-refractivity contribution in [1.29, 1.82) is 0 Å². The molecule has 0 aromatic heterocycles. The number of carboxylic acids is 1. The van der Waals surface area contributed by atoms with Gasteiger partial charge in [-0.15, -0.1) is 0 Å². The Morgan fingerprint density at radius 1 is 1.15 bits per heavy atom. The topological polar surface area (TPSA) is 99.1 Å². The fourth-order valence-electron chi connectivity index (χ4n) is 6.41. The lowest BCUT2D eigenvalue weighted by molar-refractivity contribution is -0.137. The van der Waals surface area contributed by atoms with Crippen LogP contribution in [-0.2, 0) is 14.4 Å². The third-order valence-corrected chi connectivity index (χ3v) is 8.72. The number of carbonyl (C=O) groups is 3. The van der Waals surface area contributed by atoms with Crippen LogP contribution in [-0.4, -0.2) is 51.8 Å². The Kier molecular flexibility index (Phi) is 8.96. The third-order valence-electron chi connectivity index (χ3n) is 8.72. The minimum atomic E-state index is -0.953. The molecular formula is C32H42FN3O4. The molecule has 2 amide bonds. The normalized spacial score (nSPS) is 23.9. The fourth-order valence-corrected chi connectivity index (χ4v) is 6.41. The largest absolute Gasteiger partial charge is 0.481 e. The van der Waals surface area contributed by atoms with Gasteiger partial charge in [0.1, 0.15) is 17.2 Å². The maximum atomic E-state index is 14.2. The summed E-state index contributed by atoms with van der Waals surface area (Å²) in [6.07, 6.45) is 10.0. The smallest absolute Gasteiger partial charge is 0.305 e. The number of amides is 2. The summed E-state index contributed by atoms with van der Waals surface area (Å²) in [6, 6.07) is 5.86. The van der Waals surface area contributed by atoms with Crippen molar-refractivity contribution in [3.63, 3.8) is 0 Å². The lowest BCUT2D eigenvalue weighted by Gasteiger charge is -2.48. The molecule has 4 rings (SSSR count). The monoisotopic (exact) mass is 551 g/mol. The van der Waals surface area contributed by atoms with Crippen LogP contribution in [0, 0.1) is 17.2 Å². The summed E-state index contributed by atoms with van der Waals surface area (Å²) in [5.74, 6) is -1.12. The van der Waals surface area contributed by atoms with Crippen molar-refractivity contribution in [3.05, 3.63) is 58.9 Å². The number of halogens is 1. The molecule has 2 aliphatic carbocycles. The summed E-state index contributed by atoms with van der Waals surface area (Å²) in [7, 11) is 0. The van der Waals surface area contributed by atoms with Gasteiger partial charge in [0.05, 0.1) is 12.5 Å². The van der Waals surface area contributed by atoms with E-state index in [1.165, 1.54) is 12.1 Å². The van der Waals surface area contributed by atoms with E-state index in [-0.39, 0.29) is 42.1 Å². The highest BCUT2D eigenvalue weighted by Gasteiger charge is 2.52. The number of carboxylic acid groups (broad SMARTS) is 1. The van der Waals surface area contributed by atoms with Crippen molar-refractivity contribution in [1.82, 2.24) is 10.2 Å². The Hall–Kier alpha value is -3.29. The number of aliphatic carboxylic acids is 1. The number of hydrogen-bond acceptors (Lipinski definition) is 4. The van der Waals surface area contributed by atoms with E-state index in [0.29, 0.717) is 35.6 Å². The summed E-state index contributed by atoms with van der Waals surface area (Å²) >= 11 is 0. The Balaban J connectivity index is 1.65. The zero-order valence-corrected chi connectivity index (χ0v) is 24.1. The summed E-state index contributed by atoms with van der Waals surface area (Å²) in [4.78, 5) is 44.7. The van der Waals surface area contributed by atoms with E-state index in [0.717, 1.165) is 44.1 Å². The molecule has 1 heterocycles. The van der Waals surface area contributed by atoms with Gasteiger partial charge in [0.15, 0.2) is 0 Å². The summed E-state index contributed by atoms with van der Waals surface area (Å²) in [5, 5.41) is 11.5. The van der Waals surface area contributed by atoms with Crippen LogP contribution in [0.25, 0.3) is 0 Å². The van der Waals surface area contributed by atoms with Gasteiger partial charge in [-0.1, -0.05) is 46.3 Å². The van der Waals surface area contributed by atoms with E-state index in [1.54, 1.807) is 12.1 Å². The van der Waals surface area contributed by atoms with Crippen molar-refractivity contribution < 1.29 is 23.9 Å². The Bertz CT molecular complexity index is 1220. The molecule has 0 saturated heterocycles. The molecule has 216 valence electrons. The number of nitrogens with one attached hydrogen (secondary N) is 1. The summed E-state index contributed by atoms with van der Waals surface area (Å²) < 4.78 is 13.7. The highest BCUT2D eigenvalue weighted by atomic mass is 19.1. The molecule has 1 aromatic rings. The Morgan fingerprint density at radius 2 is 1.82 bits per heavy atom. The summed E-state index contributed by atoms with van der Waals surface area (Å²) in [5.41, 5.74) is 2.30. The second kappa shape index (κ2) is 12.1. The number of allylic oxidation sites excluding steroid dienone is 2. The van der Waals surface area contributed by atoms with Gasteiger partial charge in [-0.2, -0.15) is 0 Å². The SMILES string of the molecule is CCCC(C1=CC=C(C(=O)NCCC(=O)O)CC1)N1C(=O)C(c2ccc(F)cc2)=NC12CCC(C(C)(C)C)CC2. The van der Waals surface area contributed by atoms with E-state index in [1.807, 2.05) is 17.1 Å². The third kappa shape index (κ3) is 6.37. The van der Waals surface area contributed by atoms with E-state index in [9.17, 15) is 18.8 Å². The number of benzene rings is 1. The van der Waals surface area contributed by atoms with Crippen molar-refractivity contribution in [2.24, 2.45) is 16.3 Å². The van der Waals surface area contributed by atoms with Gasteiger partial charge in [-0.3, -0.25) is 19.4 Å². The van der Waals surface area contributed by atoms with E-state index in [4.69, 9.17) is 10.1 Å². The molecule has 1 unspecified atom stereocenters. The standard InChI is InChI=1S/C32H42FN3O4/c1-5-6-26(21-7-9-23(10-8-21)29(39)34-20-17-27(37)38)36-30(40)28(22-11-13-25(33)14-12-22)35-32(36)18-15-24(16-19-32)31(2,3)4/h7,9,11-14,24,26H,5-6,8,10,15-20H2,1-4H3,(H,34,39)(H,37,38). The second-order valence-corrected chi connectivity index (χ2v) is 12.4. The lowest BCUT2D eigenvalue weighted by atomic mass is 9.69. The predicted octanol–water partition coefficient (Wildman–Crippen LogP) is 5.80. The Morgan fingerprint density at radius 3 is 2.38 bits per heavy atom. The number of rotatable bonds is 9. The second-order valence-electron chi connectivity index (χ2n) is 12.4. The van der Waals surface area contributed by atoms with Crippen molar-refractivity contribution in [2.75, 3.05) is 6.54 Å². The molecule has 1 spiro atoms. The van der Waals surface area contributed by atoms with Gasteiger partial charge in [0, 0.05) is 17.7 Å². The van der Waals surface area contributed by atoms with Crippen LogP contribution in [0.2, 0.25) is 0 Å². The van der Waals surface area contributed by atoms with Gasteiger partial charge in [-0.05, 0) is 86.1 Å². The van der Waals surface area contributed by atoms with Gasteiger partial charge in [0.2, 0.25) is 5.91 Å². The van der Waals surface area contributed by atoms with Crippen LogP contribution in [0.4, 0.5) is 4.39 Å². The zero-order valence-electron chi connectivity index (χ0n) is 24.1. The molecular weight excluding hydrogens is 509 g/mol. The molecule has 0 radical (unpaired) electrons. The molecule has 2 N–H and O–H groups in total. The highest BCUT2D eigenvalue weighted by Crippen LogP contribution is 2.48. The van der Waals surface area contributed by atoms with Crippen LogP contribution >= 0.6 is 0 Å². The molecule has 1 aromatic carbocycles. The molecule has 3 aliphatic rings. The van der Waals surface area contributed by atoms with Crippen LogP contribution in [0.3, 0.4) is 0 Å². The predicted molar refractivity (Wildman–Crippen MR) is 153 cm³/mol. The number of aliphatic imine (C=N–C) groups is 1. The lowest BCUT2D eigenvalue weighted by Crippen LogP contribution is -2.55. The molecule has 1 atom stereocenters. The number of nitrogens with zero attached hydrogens (tertiary/aromatic N) is 2. The molecule has 7 nitrogen and oxygen atoms in total. The maximum absolute atomic E-state index is 14.2. The molecule has 0 bridgehead atoms. The highest BCUT2D eigenvalue weighted by molar-refractivity contribution is 6.46. The minimum Gasteiger partial charge on any atom is -0.481 e. The van der Waals surface area contributed by atoms with Crippen molar-refractivity contribution in [2.45, 2.75) is 97.2 Å². The molecule has 40 heavy (non-hydrogen) atoms. The van der Waals surface area contributed by atoms with E-state index in [2.05, 4.69) is 33.0 Å². The van der Waals surface area contributed by atoms with Crippen LogP contribution in [0.5, 0.6) is 0 Å². The van der Waals surface area contributed by atoms with Gasteiger partial charge < -0.3 is 15.3 Å². The van der Waals surface area contributed by atoms with Gasteiger partial charge >= 0.3 is 5.97 Å². The van der Waals surface area contributed by atoms with Crippen molar-refractivity contribution in [3.8, 4) is 0 Å². The van der Waals surface area contributed by atoms with E-state index >= 15 is 0 Å². The minimum absolute atomic E-state index is 0.0877. The molecule has 8 heteroatoms. The fraction of sp³-hybridized carbons (Fsp3) is 0.562. The first-order valence-corrected chi connectivity index (χ1v) is 14.5. The maximum Gasteiger partial charge on any atom is 0.305 e. The molecule has 1 fully saturated rings. The first-order valence-electron chi connectivity index (χ1n) is 14.5. The average Bonchev–Trinajstić information content (AvgIpc) is 3.18. The molecule has 1 aliphatic heterocycles. The number of carbonyl (C=O) groups excluding carboxylic acids is 2. The number of hydrogen-bond donors (Lipinski definition) is 2. The average molecular weight is 552 g/mol. The van der Waals surface area contributed by atoms with Gasteiger partial charge in [-0.25, -0.2) is 4.39 Å². The quantitative estimate of drug-likeness (QED) is 0.405. The van der Waals surface area contributed by atoms with Gasteiger partial charge in [0.25, 0.3) is 5.91 Å². The molecule has 1 saturated carbocycles. The zero-order chi connectivity index (χ0) is 29.1. The first kappa shape index (κ1) is 29.7.